The van der Waals surface area contributed by atoms with Gasteiger partial charge in [0, 0.05) is 25.7 Å². The average molecular weight is 531 g/mol. The third-order valence-electron chi connectivity index (χ3n) is 6.23. The predicted octanol–water partition coefficient (Wildman–Crippen LogP) is 4.63. The summed E-state index contributed by atoms with van der Waals surface area (Å²) in [6.45, 7) is 2.63. The van der Waals surface area contributed by atoms with Crippen molar-refractivity contribution in [3.8, 4) is 11.8 Å². The number of methoxy groups -OCH3 is 1. The summed E-state index contributed by atoms with van der Waals surface area (Å²) >= 11 is 6.74. The Bertz CT molecular complexity index is 1470. The van der Waals surface area contributed by atoms with Crippen LogP contribution >= 0.6 is 24.0 Å². The number of anilines is 1. The Hall–Kier alpha value is -3.87. The van der Waals surface area contributed by atoms with E-state index in [9.17, 15) is 14.9 Å². The van der Waals surface area contributed by atoms with Gasteiger partial charge in [-0.2, -0.15) is 5.26 Å². The first kappa shape index (κ1) is 26.2. The molecular formula is C28H26N4O3S2. The van der Waals surface area contributed by atoms with Crippen molar-refractivity contribution in [3.63, 3.8) is 0 Å². The zero-order valence-electron chi connectivity index (χ0n) is 20.8. The number of amides is 1. The fourth-order valence-electron chi connectivity index (χ4n) is 4.08. The van der Waals surface area contributed by atoms with E-state index in [4.69, 9.17) is 17.0 Å². The number of ether oxygens (including phenoxy) is 1. The fourth-order valence-corrected chi connectivity index (χ4v) is 5.37. The first-order valence-corrected chi connectivity index (χ1v) is 12.9. The zero-order valence-corrected chi connectivity index (χ0v) is 22.4. The molecule has 0 atom stereocenters. The molecule has 0 radical (unpaired) electrons. The van der Waals surface area contributed by atoms with Gasteiger partial charge in [0.1, 0.15) is 27.5 Å². The van der Waals surface area contributed by atoms with Gasteiger partial charge in [-0.1, -0.05) is 66.4 Å². The topological polar surface area (TPSA) is 87.4 Å². The number of aromatic nitrogens is 1. The molecule has 1 saturated heterocycles. The van der Waals surface area contributed by atoms with E-state index in [0.29, 0.717) is 45.7 Å². The number of nitrogens with zero attached hydrogens (tertiary/aromatic N) is 3. The number of nitrogens with one attached hydrogen (secondary N) is 1. The van der Waals surface area contributed by atoms with Crippen LogP contribution in [0, 0.1) is 18.3 Å². The normalized spacial score (nSPS) is 14.2. The van der Waals surface area contributed by atoms with Crippen LogP contribution in [0.4, 0.5) is 5.82 Å². The van der Waals surface area contributed by atoms with Gasteiger partial charge in [0.05, 0.1) is 12.0 Å². The standard InChI is InChI=1S/C28H26N4O3S2/c1-18-22(15-24-27(34)32(28(36)37-24)14-13-19-7-5-4-6-8-19)25(31(2)26(33)23(18)16-29)30-17-20-9-11-21(35-3)12-10-20/h4-12,15,30H,13-14,17H2,1-3H3/b24-15+. The maximum Gasteiger partial charge on any atom is 0.270 e. The molecule has 1 amide bonds. The third kappa shape index (κ3) is 5.61. The van der Waals surface area contributed by atoms with Crippen molar-refractivity contribution in [3.05, 3.63) is 97.7 Å². The molecule has 1 fully saturated rings. The van der Waals surface area contributed by atoms with Crippen molar-refractivity contribution in [2.24, 2.45) is 7.05 Å². The van der Waals surface area contributed by atoms with Crippen LogP contribution in [0.3, 0.4) is 0 Å². The van der Waals surface area contributed by atoms with Crippen LogP contribution in [0.5, 0.6) is 5.75 Å². The maximum absolute atomic E-state index is 13.3. The molecule has 188 valence electrons. The summed E-state index contributed by atoms with van der Waals surface area (Å²) in [6, 6.07) is 19.5. The second-order valence-corrected chi connectivity index (χ2v) is 10.2. The number of carbonyl (C=O) groups excluding carboxylic acids is 1. The van der Waals surface area contributed by atoms with E-state index in [2.05, 4.69) is 5.32 Å². The van der Waals surface area contributed by atoms with Crippen LogP contribution in [0.25, 0.3) is 6.08 Å². The highest BCUT2D eigenvalue weighted by Gasteiger charge is 2.32. The molecule has 0 unspecified atom stereocenters. The SMILES string of the molecule is COc1ccc(CNc2c(/C=C3/SC(=S)N(CCc4ccccc4)C3=O)c(C)c(C#N)c(=O)n2C)cc1. The van der Waals surface area contributed by atoms with E-state index < -0.39 is 5.56 Å². The lowest BCUT2D eigenvalue weighted by molar-refractivity contribution is -0.122. The second kappa shape index (κ2) is 11.5. The van der Waals surface area contributed by atoms with E-state index in [1.165, 1.54) is 16.3 Å². The fraction of sp³-hybridized carbons (Fsp3) is 0.214. The van der Waals surface area contributed by atoms with E-state index >= 15 is 0 Å². The molecule has 4 rings (SSSR count). The number of hydrogen-bond acceptors (Lipinski definition) is 7. The predicted molar refractivity (Wildman–Crippen MR) is 151 cm³/mol. The number of hydrogen-bond donors (Lipinski definition) is 1. The quantitative estimate of drug-likeness (QED) is 0.336. The van der Waals surface area contributed by atoms with Crippen LogP contribution in [0.2, 0.25) is 0 Å². The molecule has 1 N–H and O–H groups in total. The summed E-state index contributed by atoms with van der Waals surface area (Å²) < 4.78 is 7.12. The molecule has 7 nitrogen and oxygen atoms in total. The van der Waals surface area contributed by atoms with E-state index in [0.717, 1.165) is 16.9 Å². The molecule has 0 spiro atoms. The summed E-state index contributed by atoms with van der Waals surface area (Å²) in [5.74, 6) is 1.09. The number of nitriles is 1. The van der Waals surface area contributed by atoms with Gasteiger partial charge in [0.15, 0.2) is 0 Å². The lowest BCUT2D eigenvalue weighted by Gasteiger charge is -2.18. The largest absolute Gasteiger partial charge is 0.497 e. The number of benzene rings is 2. The van der Waals surface area contributed by atoms with Gasteiger partial charge < -0.3 is 10.1 Å². The summed E-state index contributed by atoms with van der Waals surface area (Å²) in [5.41, 5.74) is 2.87. The zero-order chi connectivity index (χ0) is 26.5. The first-order valence-electron chi connectivity index (χ1n) is 11.6. The minimum absolute atomic E-state index is 0.0447. The van der Waals surface area contributed by atoms with Crippen molar-refractivity contribution >= 4 is 46.1 Å². The number of pyridine rings is 1. The number of thioether (sulfide) groups is 1. The molecule has 9 heteroatoms. The van der Waals surface area contributed by atoms with Crippen molar-refractivity contribution in [1.82, 2.24) is 9.47 Å². The first-order chi connectivity index (χ1) is 17.8. The number of thiocarbonyl (C=S) groups is 1. The van der Waals surface area contributed by atoms with Gasteiger partial charge in [0.25, 0.3) is 11.5 Å². The molecule has 1 aliphatic heterocycles. The summed E-state index contributed by atoms with van der Waals surface area (Å²) in [6.07, 6.45) is 2.42. The summed E-state index contributed by atoms with van der Waals surface area (Å²) in [4.78, 5) is 28.2. The van der Waals surface area contributed by atoms with Crippen LogP contribution < -0.4 is 15.6 Å². The molecule has 0 bridgehead atoms. The van der Waals surface area contributed by atoms with Crippen LogP contribution in [-0.4, -0.2) is 33.3 Å². The minimum Gasteiger partial charge on any atom is -0.497 e. The molecule has 1 aliphatic rings. The van der Waals surface area contributed by atoms with Crippen molar-refractivity contribution in [1.29, 1.82) is 5.26 Å². The van der Waals surface area contributed by atoms with Crippen LogP contribution in [-0.2, 0) is 24.8 Å². The molecular weight excluding hydrogens is 504 g/mol. The highest BCUT2D eigenvalue weighted by atomic mass is 32.2. The van der Waals surface area contributed by atoms with Gasteiger partial charge in [0.2, 0.25) is 0 Å². The number of rotatable bonds is 8. The monoisotopic (exact) mass is 530 g/mol. The summed E-state index contributed by atoms with van der Waals surface area (Å²) in [5, 5.41) is 13.0. The second-order valence-electron chi connectivity index (χ2n) is 8.51. The average Bonchev–Trinajstić information content (AvgIpc) is 3.18. The van der Waals surface area contributed by atoms with Gasteiger partial charge >= 0.3 is 0 Å². The molecule has 0 aliphatic carbocycles. The molecule has 2 aromatic carbocycles. The lowest BCUT2D eigenvalue weighted by Crippen LogP contribution is -2.30. The van der Waals surface area contributed by atoms with E-state index in [1.807, 2.05) is 60.7 Å². The van der Waals surface area contributed by atoms with Crippen LogP contribution in [0.1, 0.15) is 27.8 Å². The van der Waals surface area contributed by atoms with E-state index in [-0.39, 0.29) is 11.5 Å². The lowest BCUT2D eigenvalue weighted by atomic mass is 10.0. The molecule has 3 aromatic rings. The maximum atomic E-state index is 13.3. The molecule has 2 heterocycles. The van der Waals surface area contributed by atoms with Crippen molar-refractivity contribution in [2.75, 3.05) is 19.0 Å². The molecule has 37 heavy (non-hydrogen) atoms. The summed E-state index contributed by atoms with van der Waals surface area (Å²) in [7, 11) is 3.22. The third-order valence-corrected chi connectivity index (χ3v) is 7.61. The van der Waals surface area contributed by atoms with Gasteiger partial charge in [-0.3, -0.25) is 19.1 Å². The Morgan fingerprint density at radius 1 is 1.11 bits per heavy atom. The van der Waals surface area contributed by atoms with Gasteiger partial charge in [-0.05, 0) is 48.2 Å². The van der Waals surface area contributed by atoms with Gasteiger partial charge in [-0.15, -0.1) is 0 Å². The Balaban J connectivity index is 1.65. The van der Waals surface area contributed by atoms with Crippen molar-refractivity contribution in [2.45, 2.75) is 19.9 Å². The Labute approximate surface area is 225 Å². The molecule has 0 saturated carbocycles. The minimum atomic E-state index is -0.398. The Morgan fingerprint density at radius 2 is 1.81 bits per heavy atom. The highest BCUT2D eigenvalue weighted by Crippen LogP contribution is 2.35. The Morgan fingerprint density at radius 3 is 2.46 bits per heavy atom. The Kier molecular flexibility index (Phi) is 8.11. The van der Waals surface area contributed by atoms with Gasteiger partial charge in [-0.25, -0.2) is 0 Å². The van der Waals surface area contributed by atoms with Crippen molar-refractivity contribution < 1.29 is 9.53 Å². The smallest absolute Gasteiger partial charge is 0.270 e. The van der Waals surface area contributed by atoms with E-state index in [1.54, 1.807) is 32.1 Å². The number of carbonyl (C=O) groups is 1. The molecule has 1 aromatic heterocycles. The van der Waals surface area contributed by atoms with Crippen LogP contribution in [0.15, 0.2) is 64.3 Å². The highest BCUT2D eigenvalue weighted by molar-refractivity contribution is 8.26.